The largest absolute Gasteiger partial charge is 0.360 e. The summed E-state index contributed by atoms with van der Waals surface area (Å²) in [6.45, 7) is 0. The lowest BCUT2D eigenvalue weighted by molar-refractivity contribution is 0.0937. The zero-order valence-electron chi connectivity index (χ0n) is 13.7. The summed E-state index contributed by atoms with van der Waals surface area (Å²) in [5, 5.41) is 4.62. The Balaban J connectivity index is 1.70. The Labute approximate surface area is 142 Å². The highest BCUT2D eigenvalue weighted by atomic mass is 16.1. The Kier molecular flexibility index (Phi) is 4.18. The van der Waals surface area contributed by atoms with Gasteiger partial charge in [-0.05, 0) is 24.5 Å². The Morgan fingerprint density at radius 3 is 2.50 bits per heavy atom. The van der Waals surface area contributed by atoms with Gasteiger partial charge in [-0.2, -0.15) is 0 Å². The van der Waals surface area contributed by atoms with Crippen molar-refractivity contribution in [1.82, 2.24) is 10.3 Å². The van der Waals surface area contributed by atoms with E-state index >= 15 is 0 Å². The first-order chi connectivity index (χ1) is 11.8. The number of benzene rings is 2. The highest BCUT2D eigenvalue weighted by molar-refractivity contribution is 6.10. The third-order valence-electron chi connectivity index (χ3n) is 5.01. The van der Waals surface area contributed by atoms with Crippen LogP contribution < -0.4 is 5.32 Å². The zero-order chi connectivity index (χ0) is 16.4. The van der Waals surface area contributed by atoms with Crippen molar-refractivity contribution in [1.29, 1.82) is 0 Å². The van der Waals surface area contributed by atoms with Crippen molar-refractivity contribution in [2.75, 3.05) is 0 Å². The number of ketones is 1. The number of nitrogens with one attached hydrogen (secondary N) is 2. The summed E-state index contributed by atoms with van der Waals surface area (Å²) >= 11 is 0. The van der Waals surface area contributed by atoms with Gasteiger partial charge >= 0.3 is 0 Å². The summed E-state index contributed by atoms with van der Waals surface area (Å²) < 4.78 is 0. The molecule has 0 bridgehead atoms. The van der Waals surface area contributed by atoms with Crippen molar-refractivity contribution in [3.63, 3.8) is 0 Å². The molecule has 1 atom stereocenters. The lowest BCUT2D eigenvalue weighted by Crippen LogP contribution is -2.35. The van der Waals surface area contributed by atoms with E-state index in [9.17, 15) is 4.79 Å². The number of carbonyl (C=O) groups excluding carboxylic acids is 1. The van der Waals surface area contributed by atoms with Crippen LogP contribution >= 0.6 is 0 Å². The number of aromatic nitrogens is 1. The lowest BCUT2D eigenvalue weighted by atomic mass is 9.96. The van der Waals surface area contributed by atoms with Crippen LogP contribution in [0.4, 0.5) is 0 Å². The maximum absolute atomic E-state index is 13.3. The maximum Gasteiger partial charge on any atom is 0.186 e. The van der Waals surface area contributed by atoms with Crippen LogP contribution in [-0.2, 0) is 0 Å². The van der Waals surface area contributed by atoms with Gasteiger partial charge in [-0.25, -0.2) is 0 Å². The predicted molar refractivity (Wildman–Crippen MR) is 97.2 cm³/mol. The fraction of sp³-hybridized carbons (Fsp3) is 0.286. The molecule has 0 aliphatic heterocycles. The molecule has 1 unspecified atom stereocenters. The molecule has 24 heavy (non-hydrogen) atoms. The highest BCUT2D eigenvalue weighted by Gasteiger charge is 2.27. The quantitative estimate of drug-likeness (QED) is 0.674. The second-order valence-electron chi connectivity index (χ2n) is 6.60. The molecule has 0 radical (unpaired) electrons. The number of H-pyrrole nitrogens is 1. The third-order valence-corrected chi connectivity index (χ3v) is 5.01. The average Bonchev–Trinajstić information content (AvgIpc) is 3.29. The molecule has 1 heterocycles. The molecule has 3 nitrogen and oxygen atoms in total. The fourth-order valence-electron chi connectivity index (χ4n) is 3.73. The van der Waals surface area contributed by atoms with Crippen molar-refractivity contribution >= 4 is 16.7 Å². The normalized spacial score (nSPS) is 16.5. The van der Waals surface area contributed by atoms with E-state index in [2.05, 4.69) is 10.3 Å². The van der Waals surface area contributed by atoms with Crippen LogP contribution in [-0.4, -0.2) is 16.8 Å². The summed E-state index contributed by atoms with van der Waals surface area (Å²) in [4.78, 5) is 16.5. The van der Waals surface area contributed by atoms with Gasteiger partial charge in [-0.1, -0.05) is 61.4 Å². The molecular weight excluding hydrogens is 296 g/mol. The molecule has 4 rings (SSSR count). The van der Waals surface area contributed by atoms with Gasteiger partial charge in [0.25, 0.3) is 0 Å². The fourth-order valence-corrected chi connectivity index (χ4v) is 3.73. The smallest absolute Gasteiger partial charge is 0.186 e. The standard InChI is InChI=1S/C21H22N2O/c24-21(18-14-22-19-13-7-6-12-17(18)19)20(15-8-2-1-3-9-15)23-16-10-4-5-11-16/h1-3,6-9,12-14,16,20,22-23H,4-5,10-11H2. The summed E-state index contributed by atoms with van der Waals surface area (Å²) in [5.74, 6) is 0.144. The molecule has 3 aromatic rings. The molecule has 0 spiro atoms. The van der Waals surface area contributed by atoms with Crippen molar-refractivity contribution < 1.29 is 4.79 Å². The van der Waals surface area contributed by atoms with Crippen molar-refractivity contribution in [2.45, 2.75) is 37.8 Å². The van der Waals surface area contributed by atoms with E-state index in [1.54, 1.807) is 0 Å². The summed E-state index contributed by atoms with van der Waals surface area (Å²) in [5.41, 5.74) is 2.82. The molecule has 0 amide bonds. The van der Waals surface area contributed by atoms with Gasteiger partial charge in [0, 0.05) is 28.7 Å². The molecule has 0 saturated heterocycles. The number of para-hydroxylation sites is 1. The topological polar surface area (TPSA) is 44.9 Å². The first-order valence-electron chi connectivity index (χ1n) is 8.74. The van der Waals surface area contributed by atoms with E-state index in [-0.39, 0.29) is 11.8 Å². The highest BCUT2D eigenvalue weighted by Crippen LogP contribution is 2.27. The van der Waals surface area contributed by atoms with E-state index in [4.69, 9.17) is 0 Å². The molecule has 1 saturated carbocycles. The summed E-state index contributed by atoms with van der Waals surface area (Å²) in [7, 11) is 0. The van der Waals surface area contributed by atoms with Gasteiger partial charge in [0.1, 0.15) is 0 Å². The van der Waals surface area contributed by atoms with Crippen LogP contribution in [0.15, 0.2) is 60.8 Å². The minimum atomic E-state index is -0.284. The number of Topliss-reactive ketones (excluding diaryl/α,β-unsaturated/α-hetero) is 1. The Bertz CT molecular complexity index is 831. The molecule has 122 valence electrons. The lowest BCUT2D eigenvalue weighted by Gasteiger charge is -2.22. The zero-order valence-corrected chi connectivity index (χ0v) is 13.7. The summed E-state index contributed by atoms with van der Waals surface area (Å²) in [6.07, 6.45) is 6.66. The van der Waals surface area contributed by atoms with E-state index < -0.39 is 0 Å². The number of aromatic amines is 1. The number of rotatable bonds is 5. The molecule has 1 aromatic heterocycles. The number of carbonyl (C=O) groups is 1. The van der Waals surface area contributed by atoms with Gasteiger partial charge < -0.3 is 10.3 Å². The molecule has 1 aliphatic rings. The Morgan fingerprint density at radius 2 is 1.71 bits per heavy atom. The van der Waals surface area contributed by atoms with Crippen LogP contribution in [0.2, 0.25) is 0 Å². The van der Waals surface area contributed by atoms with Gasteiger partial charge in [0.15, 0.2) is 5.78 Å². The van der Waals surface area contributed by atoms with Crippen LogP contribution in [0.5, 0.6) is 0 Å². The third kappa shape index (κ3) is 2.87. The van der Waals surface area contributed by atoms with E-state index in [0.29, 0.717) is 6.04 Å². The van der Waals surface area contributed by atoms with Crippen LogP contribution in [0.1, 0.15) is 47.6 Å². The van der Waals surface area contributed by atoms with Crippen LogP contribution in [0.25, 0.3) is 10.9 Å². The number of hydrogen-bond donors (Lipinski definition) is 2. The minimum absolute atomic E-state index is 0.144. The summed E-state index contributed by atoms with van der Waals surface area (Å²) in [6, 6.07) is 18.2. The van der Waals surface area contributed by atoms with Gasteiger partial charge in [-0.3, -0.25) is 4.79 Å². The maximum atomic E-state index is 13.3. The van der Waals surface area contributed by atoms with Gasteiger partial charge in [-0.15, -0.1) is 0 Å². The van der Waals surface area contributed by atoms with Gasteiger partial charge in [0.05, 0.1) is 6.04 Å². The predicted octanol–water partition coefficient (Wildman–Crippen LogP) is 4.62. The average molecular weight is 318 g/mol. The first kappa shape index (κ1) is 15.2. The molecular formula is C21H22N2O. The van der Waals surface area contributed by atoms with E-state index in [1.807, 2.05) is 60.8 Å². The Hall–Kier alpha value is -2.39. The van der Waals surface area contributed by atoms with Crippen LogP contribution in [0, 0.1) is 0 Å². The van der Waals surface area contributed by atoms with Crippen molar-refractivity contribution in [3.8, 4) is 0 Å². The SMILES string of the molecule is O=C(c1c[nH]c2ccccc12)C(NC1CCCC1)c1ccccc1. The number of hydrogen-bond acceptors (Lipinski definition) is 2. The van der Waals surface area contributed by atoms with E-state index in [1.165, 1.54) is 12.8 Å². The van der Waals surface area contributed by atoms with Crippen LogP contribution in [0.3, 0.4) is 0 Å². The monoisotopic (exact) mass is 318 g/mol. The number of fused-ring (bicyclic) bond motifs is 1. The molecule has 1 fully saturated rings. The van der Waals surface area contributed by atoms with Crippen molar-refractivity contribution in [3.05, 3.63) is 71.9 Å². The molecule has 1 aliphatic carbocycles. The van der Waals surface area contributed by atoms with E-state index in [0.717, 1.165) is 34.9 Å². The first-order valence-corrected chi connectivity index (χ1v) is 8.74. The molecule has 2 aromatic carbocycles. The second kappa shape index (κ2) is 6.62. The second-order valence-corrected chi connectivity index (χ2v) is 6.60. The Morgan fingerprint density at radius 1 is 1.00 bits per heavy atom. The van der Waals surface area contributed by atoms with Gasteiger partial charge in [0.2, 0.25) is 0 Å². The molecule has 3 heteroatoms. The van der Waals surface area contributed by atoms with Crippen molar-refractivity contribution in [2.24, 2.45) is 0 Å². The minimum Gasteiger partial charge on any atom is -0.360 e. The molecule has 2 N–H and O–H groups in total.